The van der Waals surface area contributed by atoms with Crippen LogP contribution in [0.1, 0.15) is 51.0 Å². The summed E-state index contributed by atoms with van der Waals surface area (Å²) in [6.07, 6.45) is 5.20. The molecule has 2 fully saturated rings. The van der Waals surface area contributed by atoms with Crippen LogP contribution in [0.25, 0.3) is 0 Å². The first-order chi connectivity index (χ1) is 10.1. The van der Waals surface area contributed by atoms with E-state index in [0.29, 0.717) is 5.92 Å². The van der Waals surface area contributed by atoms with E-state index >= 15 is 0 Å². The van der Waals surface area contributed by atoms with Gasteiger partial charge in [-0.3, -0.25) is 4.90 Å². The first kappa shape index (κ1) is 15.1. The molecule has 4 unspecified atom stereocenters. The molecule has 0 aromatic heterocycles. The van der Waals surface area contributed by atoms with Crippen LogP contribution >= 0.6 is 0 Å². The monoisotopic (exact) mass is 286 g/mol. The molecule has 1 heterocycles. The van der Waals surface area contributed by atoms with Crippen molar-refractivity contribution in [2.45, 2.75) is 51.0 Å². The van der Waals surface area contributed by atoms with Crippen molar-refractivity contribution in [3.05, 3.63) is 35.9 Å². The van der Waals surface area contributed by atoms with Crippen LogP contribution in [0, 0.1) is 11.8 Å². The van der Waals surface area contributed by atoms with Crippen LogP contribution < -0.4 is 5.73 Å². The third-order valence-corrected chi connectivity index (χ3v) is 6.25. The van der Waals surface area contributed by atoms with Crippen molar-refractivity contribution in [2.75, 3.05) is 19.6 Å². The molecule has 1 aliphatic carbocycles. The summed E-state index contributed by atoms with van der Waals surface area (Å²) in [7, 11) is 0. The van der Waals surface area contributed by atoms with Crippen molar-refractivity contribution in [2.24, 2.45) is 17.6 Å². The fourth-order valence-corrected chi connectivity index (χ4v) is 4.47. The van der Waals surface area contributed by atoms with E-state index in [9.17, 15) is 0 Å². The van der Waals surface area contributed by atoms with Crippen LogP contribution in [0.4, 0.5) is 0 Å². The molecule has 2 N–H and O–H groups in total. The molecular weight excluding hydrogens is 256 g/mol. The van der Waals surface area contributed by atoms with Gasteiger partial charge in [-0.15, -0.1) is 0 Å². The third-order valence-electron chi connectivity index (χ3n) is 6.25. The fourth-order valence-electron chi connectivity index (χ4n) is 4.47. The zero-order valence-electron chi connectivity index (χ0n) is 13.6. The molecule has 0 spiro atoms. The topological polar surface area (TPSA) is 29.3 Å². The Morgan fingerprint density at radius 3 is 2.57 bits per heavy atom. The highest BCUT2D eigenvalue weighted by molar-refractivity contribution is 5.21. The summed E-state index contributed by atoms with van der Waals surface area (Å²) < 4.78 is 0. The van der Waals surface area contributed by atoms with Gasteiger partial charge in [-0.2, -0.15) is 0 Å². The molecule has 3 rings (SSSR count). The van der Waals surface area contributed by atoms with Gasteiger partial charge in [0, 0.05) is 18.6 Å². The first-order valence-corrected chi connectivity index (χ1v) is 8.65. The Bertz CT molecular complexity index is 458. The summed E-state index contributed by atoms with van der Waals surface area (Å²) in [6.45, 7) is 8.06. The van der Waals surface area contributed by atoms with E-state index < -0.39 is 0 Å². The van der Waals surface area contributed by atoms with Crippen molar-refractivity contribution >= 4 is 0 Å². The number of nitrogens with two attached hydrogens (primary N) is 1. The van der Waals surface area contributed by atoms with Gasteiger partial charge in [0.25, 0.3) is 0 Å². The minimum atomic E-state index is 0.273. The van der Waals surface area contributed by atoms with Gasteiger partial charge in [-0.05, 0) is 55.5 Å². The maximum atomic E-state index is 6.27. The van der Waals surface area contributed by atoms with Crippen molar-refractivity contribution in [3.8, 4) is 0 Å². The number of nitrogens with zero attached hydrogens (tertiary/aromatic N) is 1. The molecule has 2 nitrogen and oxygen atoms in total. The Hall–Kier alpha value is -0.860. The Morgan fingerprint density at radius 2 is 1.90 bits per heavy atom. The predicted octanol–water partition coefficient (Wildman–Crippen LogP) is 3.63. The van der Waals surface area contributed by atoms with E-state index in [0.717, 1.165) is 18.4 Å². The lowest BCUT2D eigenvalue weighted by molar-refractivity contribution is 0.0377. The largest absolute Gasteiger partial charge is 0.329 e. The molecule has 2 heteroatoms. The molecule has 1 aromatic rings. The summed E-state index contributed by atoms with van der Waals surface area (Å²) in [5, 5.41) is 0. The third kappa shape index (κ3) is 2.89. The summed E-state index contributed by atoms with van der Waals surface area (Å²) in [6, 6.07) is 11.0. The summed E-state index contributed by atoms with van der Waals surface area (Å²) in [5.41, 5.74) is 8.05. The molecule has 0 bridgehead atoms. The smallest absolute Gasteiger partial charge is 0.0334 e. The van der Waals surface area contributed by atoms with Gasteiger partial charge in [-0.1, -0.05) is 44.2 Å². The van der Waals surface area contributed by atoms with E-state index in [1.165, 1.54) is 44.3 Å². The molecule has 1 saturated heterocycles. The van der Waals surface area contributed by atoms with Crippen LogP contribution in [0.15, 0.2) is 30.3 Å². The van der Waals surface area contributed by atoms with Crippen LogP contribution in [-0.2, 0) is 0 Å². The molecule has 1 aliphatic heterocycles. The van der Waals surface area contributed by atoms with E-state index in [4.69, 9.17) is 5.73 Å². The fraction of sp³-hybridized carbons (Fsp3) is 0.684. The summed E-state index contributed by atoms with van der Waals surface area (Å²) >= 11 is 0. The van der Waals surface area contributed by atoms with Gasteiger partial charge in [-0.25, -0.2) is 0 Å². The van der Waals surface area contributed by atoms with Crippen molar-refractivity contribution in [1.82, 2.24) is 4.90 Å². The second-order valence-corrected chi connectivity index (χ2v) is 7.47. The lowest BCUT2D eigenvalue weighted by Crippen LogP contribution is -2.56. The Labute approximate surface area is 129 Å². The lowest BCUT2D eigenvalue weighted by Gasteiger charge is -2.48. The second kappa shape index (κ2) is 6.10. The Morgan fingerprint density at radius 1 is 1.14 bits per heavy atom. The summed E-state index contributed by atoms with van der Waals surface area (Å²) in [4.78, 5) is 2.73. The highest BCUT2D eigenvalue weighted by Gasteiger charge is 2.43. The normalized spacial score (nSPS) is 37.8. The zero-order chi connectivity index (χ0) is 14.9. The highest BCUT2D eigenvalue weighted by atomic mass is 15.2. The van der Waals surface area contributed by atoms with Crippen LogP contribution in [0.5, 0.6) is 0 Å². The average molecular weight is 286 g/mol. The zero-order valence-corrected chi connectivity index (χ0v) is 13.6. The maximum Gasteiger partial charge on any atom is 0.0334 e. The van der Waals surface area contributed by atoms with Crippen LogP contribution in [-0.4, -0.2) is 30.1 Å². The van der Waals surface area contributed by atoms with E-state index in [1.54, 1.807) is 0 Å². The molecule has 2 aliphatic rings. The molecule has 0 amide bonds. The molecule has 1 saturated carbocycles. The first-order valence-electron chi connectivity index (χ1n) is 8.65. The van der Waals surface area contributed by atoms with Gasteiger partial charge in [0.2, 0.25) is 0 Å². The van der Waals surface area contributed by atoms with Gasteiger partial charge in [0.1, 0.15) is 0 Å². The highest BCUT2D eigenvalue weighted by Crippen LogP contribution is 2.42. The van der Waals surface area contributed by atoms with Crippen molar-refractivity contribution < 1.29 is 0 Å². The Balaban J connectivity index is 1.72. The van der Waals surface area contributed by atoms with Gasteiger partial charge >= 0.3 is 0 Å². The predicted molar refractivity (Wildman–Crippen MR) is 89.3 cm³/mol. The quantitative estimate of drug-likeness (QED) is 0.919. The lowest BCUT2D eigenvalue weighted by atomic mass is 9.70. The maximum absolute atomic E-state index is 6.27. The molecule has 0 radical (unpaired) electrons. The standard InChI is InChI=1S/C19H30N2/c1-15-8-10-19(14-20,12-16(15)2)21-11-9-18(13-21)17-6-4-3-5-7-17/h3-7,15-16,18H,8-14,20H2,1-2H3. The number of hydrogen-bond donors (Lipinski definition) is 1. The average Bonchev–Trinajstić information content (AvgIpc) is 3.02. The number of hydrogen-bond acceptors (Lipinski definition) is 2. The van der Waals surface area contributed by atoms with Gasteiger partial charge < -0.3 is 5.73 Å². The van der Waals surface area contributed by atoms with Crippen LogP contribution in [0.3, 0.4) is 0 Å². The van der Waals surface area contributed by atoms with E-state index in [2.05, 4.69) is 49.1 Å². The SMILES string of the molecule is CC1CCC(CN)(N2CCC(c3ccccc3)C2)CC1C. The molecule has 21 heavy (non-hydrogen) atoms. The van der Waals surface area contributed by atoms with Crippen molar-refractivity contribution in [1.29, 1.82) is 0 Å². The molecule has 1 aromatic carbocycles. The Kier molecular flexibility index (Phi) is 4.37. The van der Waals surface area contributed by atoms with Gasteiger partial charge in [0.05, 0.1) is 0 Å². The minimum Gasteiger partial charge on any atom is -0.329 e. The molecular formula is C19H30N2. The van der Waals surface area contributed by atoms with E-state index in [1.807, 2.05) is 0 Å². The van der Waals surface area contributed by atoms with E-state index in [-0.39, 0.29) is 5.54 Å². The minimum absolute atomic E-state index is 0.273. The number of benzene rings is 1. The number of likely N-dealkylation sites (tertiary alicyclic amines) is 1. The van der Waals surface area contributed by atoms with Crippen molar-refractivity contribution in [3.63, 3.8) is 0 Å². The molecule has 4 atom stereocenters. The number of rotatable bonds is 3. The summed E-state index contributed by atoms with van der Waals surface area (Å²) in [5.74, 6) is 2.36. The van der Waals surface area contributed by atoms with Gasteiger partial charge in [0.15, 0.2) is 0 Å². The van der Waals surface area contributed by atoms with Crippen LogP contribution in [0.2, 0.25) is 0 Å². The second-order valence-electron chi connectivity index (χ2n) is 7.47. The molecule has 116 valence electrons.